The average Bonchev–Trinajstić information content (AvgIpc) is 2.81. The monoisotopic (exact) mass is 369 g/mol. The first-order valence-corrected chi connectivity index (χ1v) is 6.89. The predicted molar refractivity (Wildman–Crippen MR) is 72.8 cm³/mol. The lowest BCUT2D eigenvalue weighted by Crippen LogP contribution is -2.53. The molecular weight excluding hydrogens is 356 g/mol. The van der Waals surface area contributed by atoms with Crippen molar-refractivity contribution in [2.45, 2.75) is 38.4 Å². The number of hydrogen-bond donors (Lipinski definition) is 1. The van der Waals surface area contributed by atoms with E-state index in [9.17, 15) is 31.4 Å². The number of hydrogen-bond acceptors (Lipinski definition) is 4. The maximum atomic E-state index is 12.8. The molecule has 2 rings (SSSR count). The lowest BCUT2D eigenvalue weighted by Gasteiger charge is -2.32. The van der Waals surface area contributed by atoms with E-state index in [0.29, 0.717) is 29.2 Å². The third-order valence-corrected chi connectivity index (χ3v) is 3.66. The quantitative estimate of drug-likeness (QED) is 0.822. The van der Waals surface area contributed by atoms with Gasteiger partial charge in [-0.25, -0.2) is 0 Å². The molecule has 0 amide bonds. The van der Waals surface area contributed by atoms with Crippen molar-refractivity contribution in [2.24, 2.45) is 0 Å². The Balaban J connectivity index is 2.24. The Labute approximate surface area is 138 Å². The third-order valence-electron chi connectivity index (χ3n) is 3.66. The van der Waals surface area contributed by atoms with Crippen LogP contribution in [0.4, 0.5) is 26.3 Å². The smallest absolute Gasteiger partial charge is 0.430 e. The number of aliphatic hydroxyl groups is 1. The highest BCUT2D eigenvalue weighted by Crippen LogP contribution is 2.50. The van der Waals surface area contributed by atoms with Crippen molar-refractivity contribution >= 4 is 0 Å². The molecular formula is C15H13F6NO3. The zero-order chi connectivity index (χ0) is 19.0. The van der Waals surface area contributed by atoms with E-state index in [1.54, 1.807) is 13.8 Å². The second-order valence-electron chi connectivity index (χ2n) is 5.32. The minimum absolute atomic E-state index is 0.0236. The zero-order valence-corrected chi connectivity index (χ0v) is 13.0. The molecule has 1 heterocycles. The first-order chi connectivity index (χ1) is 11.4. The van der Waals surface area contributed by atoms with Gasteiger partial charge in [-0.15, -0.1) is 0 Å². The third kappa shape index (κ3) is 3.44. The molecule has 2 aromatic rings. The van der Waals surface area contributed by atoms with Gasteiger partial charge < -0.3 is 14.4 Å². The minimum atomic E-state index is -5.93. The SMILES string of the molecule is Cc1noc(C)c1COc1ccc(C(O)(C(F)(F)F)C(F)(F)F)cc1. The number of nitrogens with zero attached hydrogens (tertiary/aromatic N) is 1. The predicted octanol–water partition coefficient (Wildman–Crippen LogP) is 4.18. The van der Waals surface area contributed by atoms with E-state index in [1.165, 1.54) is 0 Å². The fourth-order valence-corrected chi connectivity index (χ4v) is 2.14. The van der Waals surface area contributed by atoms with Gasteiger partial charge in [0.05, 0.1) is 11.3 Å². The summed E-state index contributed by atoms with van der Waals surface area (Å²) in [6, 6.07) is 2.86. The molecule has 0 radical (unpaired) electrons. The van der Waals surface area contributed by atoms with Crippen LogP contribution in [0.2, 0.25) is 0 Å². The van der Waals surface area contributed by atoms with Crippen LogP contribution in [0.3, 0.4) is 0 Å². The summed E-state index contributed by atoms with van der Waals surface area (Å²) in [5, 5.41) is 13.0. The summed E-state index contributed by atoms with van der Waals surface area (Å²) in [6.07, 6.45) is -11.9. The minimum Gasteiger partial charge on any atom is -0.489 e. The van der Waals surface area contributed by atoms with Crippen LogP contribution in [0.1, 0.15) is 22.6 Å². The topological polar surface area (TPSA) is 55.5 Å². The van der Waals surface area contributed by atoms with Crippen LogP contribution < -0.4 is 4.74 Å². The number of alkyl halides is 6. The van der Waals surface area contributed by atoms with Crippen LogP contribution in [0.25, 0.3) is 0 Å². The molecule has 10 heteroatoms. The first kappa shape index (κ1) is 19.1. The fourth-order valence-electron chi connectivity index (χ4n) is 2.14. The second kappa shape index (κ2) is 6.25. The number of halogens is 6. The molecule has 0 bridgehead atoms. The lowest BCUT2D eigenvalue weighted by molar-refractivity contribution is -0.376. The Morgan fingerprint density at radius 2 is 1.52 bits per heavy atom. The summed E-state index contributed by atoms with van der Waals surface area (Å²) in [5.74, 6) is 0.507. The Bertz CT molecular complexity index is 700. The summed E-state index contributed by atoms with van der Waals surface area (Å²) >= 11 is 0. The summed E-state index contributed by atoms with van der Waals surface area (Å²) in [7, 11) is 0. The van der Waals surface area contributed by atoms with Crippen molar-refractivity contribution in [3.63, 3.8) is 0 Å². The summed E-state index contributed by atoms with van der Waals surface area (Å²) in [4.78, 5) is 0. The van der Waals surface area contributed by atoms with Gasteiger partial charge in [0.2, 0.25) is 0 Å². The maximum absolute atomic E-state index is 12.8. The summed E-state index contributed by atoms with van der Waals surface area (Å²) in [6.45, 7) is 3.27. The Morgan fingerprint density at radius 3 is 1.92 bits per heavy atom. The van der Waals surface area contributed by atoms with Gasteiger partial charge in [0.25, 0.3) is 5.60 Å². The van der Waals surface area contributed by atoms with Gasteiger partial charge in [-0.2, -0.15) is 26.3 Å². The molecule has 0 saturated heterocycles. The van der Waals surface area contributed by atoms with Crippen LogP contribution in [0.15, 0.2) is 28.8 Å². The Kier molecular flexibility index (Phi) is 4.77. The van der Waals surface area contributed by atoms with E-state index >= 15 is 0 Å². The van der Waals surface area contributed by atoms with Crippen LogP contribution in [0.5, 0.6) is 5.75 Å². The average molecular weight is 369 g/mol. The van der Waals surface area contributed by atoms with Gasteiger partial charge in [0.15, 0.2) is 0 Å². The largest absolute Gasteiger partial charge is 0.489 e. The van der Waals surface area contributed by atoms with Gasteiger partial charge in [0.1, 0.15) is 18.1 Å². The van der Waals surface area contributed by atoms with Crippen LogP contribution >= 0.6 is 0 Å². The van der Waals surface area contributed by atoms with E-state index in [1.807, 2.05) is 0 Å². The molecule has 0 fully saturated rings. The van der Waals surface area contributed by atoms with Crippen molar-refractivity contribution in [1.29, 1.82) is 0 Å². The molecule has 0 aliphatic carbocycles. The molecule has 1 aromatic carbocycles. The number of ether oxygens (including phenoxy) is 1. The van der Waals surface area contributed by atoms with Crippen molar-refractivity contribution in [1.82, 2.24) is 5.16 Å². The number of aryl methyl sites for hydroxylation is 2. The molecule has 138 valence electrons. The molecule has 0 saturated carbocycles. The van der Waals surface area contributed by atoms with Crippen LogP contribution in [-0.4, -0.2) is 22.6 Å². The molecule has 0 atom stereocenters. The van der Waals surface area contributed by atoms with Gasteiger partial charge in [0, 0.05) is 5.56 Å². The van der Waals surface area contributed by atoms with Gasteiger partial charge in [-0.3, -0.25) is 0 Å². The molecule has 0 spiro atoms. The first-order valence-electron chi connectivity index (χ1n) is 6.89. The molecule has 0 unspecified atom stereocenters. The Morgan fingerprint density at radius 1 is 1.00 bits per heavy atom. The summed E-state index contributed by atoms with van der Waals surface area (Å²) in [5.41, 5.74) is -5.14. The van der Waals surface area contributed by atoms with Crippen molar-refractivity contribution in [2.75, 3.05) is 0 Å². The van der Waals surface area contributed by atoms with E-state index < -0.39 is 23.5 Å². The van der Waals surface area contributed by atoms with E-state index in [2.05, 4.69) is 5.16 Å². The molecule has 0 aliphatic rings. The van der Waals surface area contributed by atoms with Gasteiger partial charge >= 0.3 is 12.4 Å². The molecule has 1 N–H and O–H groups in total. The van der Waals surface area contributed by atoms with Crippen LogP contribution in [0, 0.1) is 13.8 Å². The van der Waals surface area contributed by atoms with E-state index in [0.717, 1.165) is 12.1 Å². The van der Waals surface area contributed by atoms with Crippen molar-refractivity contribution in [3.8, 4) is 5.75 Å². The normalized spacial score (nSPS) is 13.2. The molecule has 0 aliphatic heterocycles. The molecule has 25 heavy (non-hydrogen) atoms. The number of aromatic nitrogens is 1. The number of rotatable bonds is 4. The highest BCUT2D eigenvalue weighted by atomic mass is 19.4. The highest BCUT2D eigenvalue weighted by molar-refractivity contribution is 5.33. The summed E-state index contributed by atoms with van der Waals surface area (Å²) < 4.78 is 87.0. The van der Waals surface area contributed by atoms with E-state index in [4.69, 9.17) is 9.26 Å². The van der Waals surface area contributed by atoms with Gasteiger partial charge in [-0.05, 0) is 26.0 Å². The zero-order valence-electron chi connectivity index (χ0n) is 13.0. The van der Waals surface area contributed by atoms with Crippen LogP contribution in [-0.2, 0) is 12.2 Å². The second-order valence-corrected chi connectivity index (χ2v) is 5.32. The molecule has 4 nitrogen and oxygen atoms in total. The number of benzene rings is 1. The highest BCUT2D eigenvalue weighted by Gasteiger charge is 2.71. The standard InChI is InChI=1S/C15H13F6NO3/c1-8-12(9(2)25-22-8)7-24-11-5-3-10(4-6-11)13(23,14(16,17)18)15(19,20)21/h3-6,23H,7H2,1-2H3. The lowest BCUT2D eigenvalue weighted by atomic mass is 9.92. The Hall–Kier alpha value is -2.23. The van der Waals surface area contributed by atoms with Gasteiger partial charge in [-0.1, -0.05) is 17.3 Å². The van der Waals surface area contributed by atoms with E-state index in [-0.39, 0.29) is 12.4 Å². The molecule has 1 aromatic heterocycles. The van der Waals surface area contributed by atoms with Crippen molar-refractivity contribution < 1.29 is 40.7 Å². The fraction of sp³-hybridized carbons (Fsp3) is 0.400. The maximum Gasteiger partial charge on any atom is 0.430 e. The van der Waals surface area contributed by atoms with Crippen molar-refractivity contribution in [3.05, 3.63) is 46.8 Å².